The smallest absolute Gasteiger partial charge is 0.0528 e. The number of benzene rings is 2. The van der Waals surface area contributed by atoms with Crippen molar-refractivity contribution in [2.45, 2.75) is 6.54 Å². The third-order valence-corrected chi connectivity index (χ3v) is 3.27. The topological polar surface area (TPSA) is 30.9 Å². The molecule has 0 saturated carbocycles. The Hall–Kier alpha value is -2.32. The van der Waals surface area contributed by atoms with E-state index >= 15 is 0 Å². The molecule has 0 amide bonds. The predicted octanol–water partition coefficient (Wildman–Crippen LogP) is 3.60. The van der Waals surface area contributed by atoms with Crippen molar-refractivity contribution in [2.75, 3.05) is 0 Å². The molecule has 2 N–H and O–H groups in total. The van der Waals surface area contributed by atoms with Crippen LogP contribution in [0.5, 0.6) is 0 Å². The minimum atomic E-state index is 0.583. The summed E-state index contributed by atoms with van der Waals surface area (Å²) in [6.45, 7) is 0.583. The second-order valence-electron chi connectivity index (χ2n) is 4.50. The van der Waals surface area contributed by atoms with Gasteiger partial charge in [0.2, 0.25) is 0 Å². The highest BCUT2D eigenvalue weighted by atomic mass is 15.0. The first kappa shape index (κ1) is 11.8. The lowest BCUT2D eigenvalue weighted by Gasteiger charge is -2.09. The fourth-order valence-corrected chi connectivity index (χ4v) is 2.24. The van der Waals surface area contributed by atoms with Gasteiger partial charge in [-0.1, -0.05) is 42.5 Å². The molecule has 0 saturated heterocycles. The van der Waals surface area contributed by atoms with Crippen LogP contribution in [0, 0.1) is 0 Å². The quantitative estimate of drug-likeness (QED) is 0.754. The van der Waals surface area contributed by atoms with Crippen LogP contribution in [0.15, 0.2) is 72.9 Å². The molecule has 3 aromatic rings. The number of aromatic nitrogens is 1. The van der Waals surface area contributed by atoms with Crippen LogP contribution >= 0.6 is 0 Å². The lowest BCUT2D eigenvalue weighted by Crippen LogP contribution is -1.97. The van der Waals surface area contributed by atoms with E-state index in [2.05, 4.69) is 71.4 Å². The minimum absolute atomic E-state index is 0.583. The summed E-state index contributed by atoms with van der Waals surface area (Å²) in [5.74, 6) is 0. The Balaban J connectivity index is 2.04. The molecule has 0 radical (unpaired) electrons. The van der Waals surface area contributed by atoms with Gasteiger partial charge in [-0.25, -0.2) is 0 Å². The fourth-order valence-electron chi connectivity index (χ4n) is 2.24. The molecule has 2 heteroatoms. The molecule has 94 valence electrons. The lowest BCUT2D eigenvalue weighted by molar-refractivity contribution is 1.07. The van der Waals surface area contributed by atoms with E-state index in [0.29, 0.717) is 6.54 Å². The van der Waals surface area contributed by atoms with Gasteiger partial charge in [-0.05, 0) is 35.4 Å². The maximum atomic E-state index is 5.63. The number of hydrogen-bond donors (Lipinski definition) is 1. The fraction of sp³-hybridized carbons (Fsp3) is 0.0588. The first-order valence-electron chi connectivity index (χ1n) is 6.40. The molecule has 3 rings (SSSR count). The van der Waals surface area contributed by atoms with E-state index < -0.39 is 0 Å². The van der Waals surface area contributed by atoms with Gasteiger partial charge in [0.05, 0.1) is 5.69 Å². The standard InChI is InChI=1S/C17H16N2/c18-13-14-8-10-15(11-9-14)17-7-4-12-19(17)16-5-2-1-3-6-16/h1-12H,13,18H2. The molecule has 2 nitrogen and oxygen atoms in total. The van der Waals surface area contributed by atoms with Crippen LogP contribution in [0.3, 0.4) is 0 Å². The zero-order valence-corrected chi connectivity index (χ0v) is 10.7. The van der Waals surface area contributed by atoms with E-state index in [1.54, 1.807) is 0 Å². The van der Waals surface area contributed by atoms with Crippen molar-refractivity contribution in [3.63, 3.8) is 0 Å². The highest BCUT2D eigenvalue weighted by Gasteiger charge is 2.05. The number of nitrogens with two attached hydrogens (primary N) is 1. The SMILES string of the molecule is NCc1ccc(-c2cccn2-c2ccccc2)cc1. The molecule has 19 heavy (non-hydrogen) atoms. The van der Waals surface area contributed by atoms with Crippen LogP contribution in [0.25, 0.3) is 16.9 Å². The average Bonchev–Trinajstić information content (AvgIpc) is 2.98. The zero-order valence-electron chi connectivity index (χ0n) is 10.7. The van der Waals surface area contributed by atoms with Gasteiger partial charge >= 0.3 is 0 Å². The van der Waals surface area contributed by atoms with Crippen LogP contribution < -0.4 is 5.73 Å². The average molecular weight is 248 g/mol. The van der Waals surface area contributed by atoms with E-state index in [4.69, 9.17) is 5.73 Å². The van der Waals surface area contributed by atoms with Gasteiger partial charge in [-0.2, -0.15) is 0 Å². The van der Waals surface area contributed by atoms with Crippen molar-refractivity contribution in [1.82, 2.24) is 4.57 Å². The summed E-state index contributed by atoms with van der Waals surface area (Å²) in [5.41, 5.74) is 10.3. The molecule has 0 unspecified atom stereocenters. The molecule has 0 aliphatic rings. The van der Waals surface area contributed by atoms with Crippen molar-refractivity contribution in [3.05, 3.63) is 78.5 Å². The highest BCUT2D eigenvalue weighted by Crippen LogP contribution is 2.24. The third-order valence-electron chi connectivity index (χ3n) is 3.27. The zero-order chi connectivity index (χ0) is 13.1. The summed E-state index contributed by atoms with van der Waals surface area (Å²) < 4.78 is 2.19. The first-order valence-corrected chi connectivity index (χ1v) is 6.40. The molecule has 2 aromatic carbocycles. The van der Waals surface area contributed by atoms with E-state index in [9.17, 15) is 0 Å². The number of nitrogens with zero attached hydrogens (tertiary/aromatic N) is 1. The van der Waals surface area contributed by atoms with Crippen molar-refractivity contribution in [1.29, 1.82) is 0 Å². The van der Waals surface area contributed by atoms with Gasteiger partial charge in [0.1, 0.15) is 0 Å². The maximum absolute atomic E-state index is 5.63. The first-order chi connectivity index (χ1) is 9.38. The van der Waals surface area contributed by atoms with E-state index in [0.717, 1.165) is 5.56 Å². The monoisotopic (exact) mass is 248 g/mol. The van der Waals surface area contributed by atoms with Crippen LogP contribution in [-0.4, -0.2) is 4.57 Å². The van der Waals surface area contributed by atoms with Crippen LogP contribution in [0.1, 0.15) is 5.56 Å². The van der Waals surface area contributed by atoms with Gasteiger partial charge in [0, 0.05) is 18.4 Å². The summed E-state index contributed by atoms with van der Waals surface area (Å²) >= 11 is 0. The number of hydrogen-bond acceptors (Lipinski definition) is 1. The lowest BCUT2D eigenvalue weighted by atomic mass is 10.1. The molecule has 0 atom stereocenters. The molecule has 0 spiro atoms. The molecule has 0 aliphatic heterocycles. The second kappa shape index (κ2) is 5.12. The second-order valence-corrected chi connectivity index (χ2v) is 4.50. The maximum Gasteiger partial charge on any atom is 0.0528 e. The van der Waals surface area contributed by atoms with Crippen LogP contribution in [-0.2, 0) is 6.54 Å². The van der Waals surface area contributed by atoms with Crippen molar-refractivity contribution in [3.8, 4) is 16.9 Å². The summed E-state index contributed by atoms with van der Waals surface area (Å²) in [7, 11) is 0. The normalized spacial score (nSPS) is 10.6. The third kappa shape index (κ3) is 2.30. The van der Waals surface area contributed by atoms with Gasteiger partial charge in [-0.3, -0.25) is 0 Å². The molecule has 0 fully saturated rings. The Morgan fingerprint density at radius 1 is 0.789 bits per heavy atom. The Morgan fingerprint density at radius 3 is 2.21 bits per heavy atom. The van der Waals surface area contributed by atoms with Gasteiger partial charge in [-0.15, -0.1) is 0 Å². The molecule has 1 aromatic heterocycles. The molecule has 1 heterocycles. The molecule has 0 aliphatic carbocycles. The Bertz CT molecular complexity index is 651. The minimum Gasteiger partial charge on any atom is -0.326 e. The Kier molecular flexibility index (Phi) is 3.17. The Labute approximate surface area is 113 Å². The Morgan fingerprint density at radius 2 is 1.53 bits per heavy atom. The molecule has 0 bridgehead atoms. The van der Waals surface area contributed by atoms with Crippen molar-refractivity contribution in [2.24, 2.45) is 5.73 Å². The van der Waals surface area contributed by atoms with E-state index in [1.165, 1.54) is 16.9 Å². The number of rotatable bonds is 3. The summed E-state index contributed by atoms with van der Waals surface area (Å²) in [6.07, 6.45) is 2.08. The van der Waals surface area contributed by atoms with E-state index in [1.807, 2.05) is 6.07 Å². The largest absolute Gasteiger partial charge is 0.326 e. The van der Waals surface area contributed by atoms with Crippen LogP contribution in [0.4, 0.5) is 0 Å². The summed E-state index contributed by atoms with van der Waals surface area (Å²) in [5, 5.41) is 0. The van der Waals surface area contributed by atoms with Crippen molar-refractivity contribution < 1.29 is 0 Å². The van der Waals surface area contributed by atoms with Gasteiger partial charge < -0.3 is 10.3 Å². The predicted molar refractivity (Wildman–Crippen MR) is 79.1 cm³/mol. The highest BCUT2D eigenvalue weighted by molar-refractivity contribution is 5.63. The molecular formula is C17H16N2. The van der Waals surface area contributed by atoms with Gasteiger partial charge in [0.15, 0.2) is 0 Å². The van der Waals surface area contributed by atoms with Gasteiger partial charge in [0.25, 0.3) is 0 Å². The molecular weight excluding hydrogens is 232 g/mol. The number of para-hydroxylation sites is 1. The van der Waals surface area contributed by atoms with E-state index in [-0.39, 0.29) is 0 Å². The summed E-state index contributed by atoms with van der Waals surface area (Å²) in [6, 6.07) is 23.0. The van der Waals surface area contributed by atoms with Crippen molar-refractivity contribution >= 4 is 0 Å². The summed E-state index contributed by atoms with van der Waals surface area (Å²) in [4.78, 5) is 0. The van der Waals surface area contributed by atoms with Crippen LogP contribution in [0.2, 0.25) is 0 Å².